The Morgan fingerprint density at radius 3 is 2.31 bits per heavy atom. The third-order valence-corrected chi connectivity index (χ3v) is 4.13. The number of aromatic amines is 1. The van der Waals surface area contributed by atoms with Gasteiger partial charge in [0, 0.05) is 35.9 Å². The zero-order valence-electron chi connectivity index (χ0n) is 17.8. The number of carbonyl (C=O) groups is 2. The molecule has 3 rings (SSSR count). The highest BCUT2D eigenvalue weighted by molar-refractivity contribution is 5.95. The molecule has 32 heavy (non-hydrogen) atoms. The Morgan fingerprint density at radius 1 is 1.12 bits per heavy atom. The molecule has 0 aliphatic carbocycles. The van der Waals surface area contributed by atoms with Crippen molar-refractivity contribution < 1.29 is 27.9 Å². The lowest BCUT2D eigenvalue weighted by Gasteiger charge is -2.09. The summed E-state index contributed by atoms with van der Waals surface area (Å²) in [6.45, 7) is 7.80. The largest absolute Gasteiger partial charge is 0.490 e. The number of aliphatic carboxylic acids is 1. The Labute approximate surface area is 182 Å². The van der Waals surface area contributed by atoms with E-state index in [1.165, 1.54) is 0 Å². The van der Waals surface area contributed by atoms with Gasteiger partial charge in [-0.25, -0.2) is 9.78 Å². The average molecular weight is 449 g/mol. The van der Waals surface area contributed by atoms with Gasteiger partial charge in [0.15, 0.2) is 5.82 Å². The van der Waals surface area contributed by atoms with Gasteiger partial charge in [-0.3, -0.25) is 14.8 Å². The molecule has 0 fully saturated rings. The number of pyridine rings is 2. The molecule has 0 radical (unpaired) electrons. The number of nitrogens with one attached hydrogen (secondary N) is 2. The van der Waals surface area contributed by atoms with Gasteiger partial charge < -0.3 is 15.4 Å². The Morgan fingerprint density at radius 2 is 1.78 bits per heavy atom. The van der Waals surface area contributed by atoms with Crippen LogP contribution in [0.4, 0.5) is 13.2 Å². The van der Waals surface area contributed by atoms with E-state index in [0.717, 1.165) is 34.0 Å². The second-order valence-corrected chi connectivity index (χ2v) is 7.12. The van der Waals surface area contributed by atoms with Crippen LogP contribution in [0.15, 0.2) is 36.8 Å². The zero-order valence-corrected chi connectivity index (χ0v) is 17.8. The Balaban J connectivity index is 0.000000451. The quantitative estimate of drug-likeness (QED) is 0.555. The minimum Gasteiger partial charge on any atom is -0.475 e. The predicted octanol–water partition coefficient (Wildman–Crippen LogP) is 3.92. The minimum atomic E-state index is -5.08. The van der Waals surface area contributed by atoms with Gasteiger partial charge in [0.1, 0.15) is 5.69 Å². The van der Waals surface area contributed by atoms with Crippen molar-refractivity contribution in [1.29, 1.82) is 0 Å². The van der Waals surface area contributed by atoms with Gasteiger partial charge in [-0.1, -0.05) is 0 Å². The fourth-order valence-corrected chi connectivity index (χ4v) is 2.48. The molecule has 0 saturated carbocycles. The summed E-state index contributed by atoms with van der Waals surface area (Å²) in [6, 6.07) is 5.75. The minimum absolute atomic E-state index is 0.0779. The van der Waals surface area contributed by atoms with Crippen LogP contribution in [0.3, 0.4) is 0 Å². The van der Waals surface area contributed by atoms with Crippen molar-refractivity contribution in [1.82, 2.24) is 25.3 Å². The third kappa shape index (κ3) is 6.62. The van der Waals surface area contributed by atoms with Gasteiger partial charge in [-0.2, -0.15) is 13.2 Å². The van der Waals surface area contributed by atoms with E-state index in [2.05, 4.69) is 25.3 Å². The molecule has 0 unspecified atom stereocenters. The summed E-state index contributed by atoms with van der Waals surface area (Å²) in [5.41, 5.74) is 5.07. The Bertz CT molecular complexity index is 1090. The fourth-order valence-electron chi connectivity index (χ4n) is 2.48. The number of nitrogens with zero attached hydrogens (tertiary/aromatic N) is 3. The van der Waals surface area contributed by atoms with E-state index in [1.807, 2.05) is 45.9 Å². The maximum atomic E-state index is 12.2. The summed E-state index contributed by atoms with van der Waals surface area (Å²) in [4.78, 5) is 37.4. The SMILES string of the molecule is Cc1nc(-c2cc(-c3cncc(C(=O)NC(C)C)c3)ccn2)[nH]c1C.O=C(O)C(F)(F)F. The lowest BCUT2D eigenvalue weighted by molar-refractivity contribution is -0.192. The van der Waals surface area contributed by atoms with Crippen LogP contribution in [0.5, 0.6) is 0 Å². The molecule has 0 spiro atoms. The van der Waals surface area contributed by atoms with Gasteiger partial charge in [0.2, 0.25) is 0 Å². The molecule has 3 heterocycles. The Hall–Kier alpha value is -3.76. The second kappa shape index (κ2) is 10.0. The smallest absolute Gasteiger partial charge is 0.475 e. The number of carboxylic acid groups (broad SMARTS) is 1. The normalized spacial score (nSPS) is 11.0. The van der Waals surface area contributed by atoms with Crippen molar-refractivity contribution in [3.63, 3.8) is 0 Å². The standard InChI is InChI=1S/C19H21N5O.C2HF3O2/c1-11(2)22-19(25)16-7-15(9-20-10-16)14-5-6-21-17(8-14)18-23-12(3)13(4)24-18;3-2(4,5)1(6)7/h5-11H,1-4H3,(H,22,25)(H,23,24);(H,6,7). The van der Waals surface area contributed by atoms with Crippen molar-refractivity contribution in [3.05, 3.63) is 53.7 Å². The molecule has 0 aromatic carbocycles. The maximum Gasteiger partial charge on any atom is 0.490 e. The van der Waals surface area contributed by atoms with Gasteiger partial charge in [0.05, 0.1) is 11.3 Å². The van der Waals surface area contributed by atoms with Crippen LogP contribution in [-0.4, -0.2) is 49.1 Å². The number of hydrogen-bond acceptors (Lipinski definition) is 5. The van der Waals surface area contributed by atoms with Crippen molar-refractivity contribution in [2.24, 2.45) is 0 Å². The van der Waals surface area contributed by atoms with Crippen LogP contribution in [0.1, 0.15) is 35.6 Å². The van der Waals surface area contributed by atoms with E-state index in [0.29, 0.717) is 5.56 Å². The summed E-state index contributed by atoms with van der Waals surface area (Å²) in [7, 11) is 0. The van der Waals surface area contributed by atoms with Gasteiger partial charge in [0.25, 0.3) is 5.91 Å². The van der Waals surface area contributed by atoms with E-state index in [1.54, 1.807) is 18.6 Å². The molecule has 0 saturated heterocycles. The van der Waals surface area contributed by atoms with Crippen LogP contribution in [0.2, 0.25) is 0 Å². The molecular weight excluding hydrogens is 427 g/mol. The number of carbonyl (C=O) groups excluding carboxylic acids is 1. The number of amides is 1. The van der Waals surface area contributed by atoms with E-state index >= 15 is 0 Å². The molecule has 3 N–H and O–H groups in total. The number of carboxylic acids is 1. The molecule has 0 aliphatic heterocycles. The van der Waals surface area contributed by atoms with Crippen molar-refractivity contribution in [2.75, 3.05) is 0 Å². The third-order valence-electron chi connectivity index (χ3n) is 4.13. The van der Waals surface area contributed by atoms with Crippen LogP contribution in [-0.2, 0) is 4.79 Å². The number of rotatable bonds is 4. The molecule has 170 valence electrons. The average Bonchev–Trinajstić information content (AvgIpc) is 3.06. The Kier molecular flexibility index (Phi) is 7.68. The van der Waals surface area contributed by atoms with Gasteiger partial charge >= 0.3 is 12.1 Å². The first-order chi connectivity index (χ1) is 14.9. The van der Waals surface area contributed by atoms with Gasteiger partial charge in [-0.05, 0) is 51.5 Å². The van der Waals surface area contributed by atoms with Crippen LogP contribution < -0.4 is 5.32 Å². The van der Waals surface area contributed by atoms with E-state index in [9.17, 15) is 18.0 Å². The molecule has 3 aromatic heterocycles. The van der Waals surface area contributed by atoms with Gasteiger partial charge in [-0.15, -0.1) is 0 Å². The monoisotopic (exact) mass is 449 g/mol. The zero-order chi connectivity index (χ0) is 24.1. The predicted molar refractivity (Wildman–Crippen MR) is 111 cm³/mol. The lowest BCUT2D eigenvalue weighted by atomic mass is 10.1. The molecule has 1 amide bonds. The van der Waals surface area contributed by atoms with Crippen molar-refractivity contribution in [2.45, 2.75) is 39.9 Å². The first-order valence-electron chi connectivity index (χ1n) is 9.44. The number of H-pyrrole nitrogens is 1. The summed E-state index contributed by atoms with van der Waals surface area (Å²) in [5, 5.41) is 10.0. The lowest BCUT2D eigenvalue weighted by Crippen LogP contribution is -2.30. The number of alkyl halides is 3. The molecule has 0 atom stereocenters. The van der Waals surface area contributed by atoms with Crippen LogP contribution >= 0.6 is 0 Å². The van der Waals surface area contributed by atoms with Crippen molar-refractivity contribution in [3.8, 4) is 22.6 Å². The van der Waals surface area contributed by atoms with E-state index in [4.69, 9.17) is 9.90 Å². The van der Waals surface area contributed by atoms with E-state index in [-0.39, 0.29) is 11.9 Å². The highest BCUT2D eigenvalue weighted by Crippen LogP contribution is 2.24. The first kappa shape index (κ1) is 24.5. The second-order valence-electron chi connectivity index (χ2n) is 7.12. The summed E-state index contributed by atoms with van der Waals surface area (Å²) in [6.07, 6.45) is -0.0365. The molecule has 0 bridgehead atoms. The maximum absolute atomic E-state index is 12.2. The summed E-state index contributed by atoms with van der Waals surface area (Å²) < 4.78 is 31.7. The highest BCUT2D eigenvalue weighted by atomic mass is 19.4. The number of aromatic nitrogens is 4. The van der Waals surface area contributed by atoms with Crippen molar-refractivity contribution >= 4 is 11.9 Å². The molecular formula is C21H22F3N5O3. The topological polar surface area (TPSA) is 121 Å². The molecule has 3 aromatic rings. The van der Waals surface area contributed by atoms with Crippen LogP contribution in [0, 0.1) is 13.8 Å². The first-order valence-corrected chi connectivity index (χ1v) is 9.44. The molecule has 0 aliphatic rings. The summed E-state index contributed by atoms with van der Waals surface area (Å²) >= 11 is 0. The highest BCUT2D eigenvalue weighted by Gasteiger charge is 2.38. The summed E-state index contributed by atoms with van der Waals surface area (Å²) in [5.74, 6) is -2.15. The molecule has 11 heteroatoms. The number of hydrogen-bond donors (Lipinski definition) is 3. The molecule has 8 nitrogen and oxygen atoms in total. The number of imidazole rings is 1. The fraction of sp³-hybridized carbons (Fsp3) is 0.286. The number of halogens is 3. The van der Waals surface area contributed by atoms with Crippen LogP contribution in [0.25, 0.3) is 22.6 Å². The number of aryl methyl sites for hydroxylation is 2. The van der Waals surface area contributed by atoms with E-state index < -0.39 is 12.1 Å².